The molecular weight excluding hydrogens is 272 g/mol. The van der Waals surface area contributed by atoms with Gasteiger partial charge in [0.05, 0.1) is 6.61 Å². The number of carbonyl (C=O) groups is 1. The van der Waals surface area contributed by atoms with Crippen molar-refractivity contribution in [3.8, 4) is 11.4 Å². The van der Waals surface area contributed by atoms with Crippen molar-refractivity contribution in [2.75, 3.05) is 25.0 Å². The summed E-state index contributed by atoms with van der Waals surface area (Å²) >= 11 is 0. The molecule has 0 saturated carbocycles. The maximum atomic E-state index is 12.1. The van der Waals surface area contributed by atoms with Crippen LogP contribution in [0.15, 0.2) is 28.8 Å². The molecule has 1 fully saturated rings. The second-order valence-electron chi connectivity index (χ2n) is 4.77. The molecule has 2 heterocycles. The van der Waals surface area contributed by atoms with E-state index in [0.29, 0.717) is 30.6 Å². The Labute approximate surface area is 121 Å². The van der Waals surface area contributed by atoms with Gasteiger partial charge in [0.1, 0.15) is 6.10 Å². The summed E-state index contributed by atoms with van der Waals surface area (Å²) in [5.41, 5.74) is 1.46. The van der Waals surface area contributed by atoms with Crippen LogP contribution in [0.4, 0.5) is 5.69 Å². The molecule has 1 aliphatic rings. The monoisotopic (exact) mass is 288 g/mol. The minimum absolute atomic E-state index is 0.163. The lowest BCUT2D eigenvalue weighted by atomic mass is 10.2. The molecule has 1 aromatic carbocycles. The molecule has 21 heavy (non-hydrogen) atoms. The zero-order chi connectivity index (χ0) is 14.7. The van der Waals surface area contributed by atoms with Crippen molar-refractivity contribution in [3.63, 3.8) is 0 Å². The maximum Gasteiger partial charge on any atom is 0.254 e. The van der Waals surface area contributed by atoms with Gasteiger partial charge in [-0.2, -0.15) is 4.98 Å². The number of hydrogen-bond donors (Lipinski definition) is 2. The summed E-state index contributed by atoms with van der Waals surface area (Å²) in [6.45, 7) is 3.57. The Hall–Kier alpha value is -2.25. The van der Waals surface area contributed by atoms with Crippen molar-refractivity contribution in [2.45, 2.75) is 13.0 Å². The summed E-state index contributed by atoms with van der Waals surface area (Å²) < 4.78 is 10.4. The summed E-state index contributed by atoms with van der Waals surface area (Å²) in [4.78, 5) is 16.3. The highest BCUT2D eigenvalue weighted by Gasteiger charge is 2.21. The Bertz CT molecular complexity index is 635. The van der Waals surface area contributed by atoms with Gasteiger partial charge in [0.2, 0.25) is 11.7 Å². The molecule has 2 N–H and O–H groups in total. The van der Waals surface area contributed by atoms with Crippen LogP contribution in [-0.2, 0) is 9.53 Å². The quantitative estimate of drug-likeness (QED) is 0.875. The van der Waals surface area contributed by atoms with Crippen LogP contribution in [0.3, 0.4) is 0 Å². The lowest BCUT2D eigenvalue weighted by molar-refractivity contribution is -0.128. The smallest absolute Gasteiger partial charge is 0.254 e. The topological polar surface area (TPSA) is 89.3 Å². The van der Waals surface area contributed by atoms with Gasteiger partial charge < -0.3 is 19.9 Å². The van der Waals surface area contributed by atoms with Crippen LogP contribution in [0.2, 0.25) is 0 Å². The summed E-state index contributed by atoms with van der Waals surface area (Å²) in [7, 11) is 0. The highest BCUT2D eigenvalue weighted by atomic mass is 16.5. The van der Waals surface area contributed by atoms with Gasteiger partial charge in [-0.3, -0.25) is 4.79 Å². The molecule has 1 unspecified atom stereocenters. The summed E-state index contributed by atoms with van der Waals surface area (Å²) in [6.07, 6.45) is -0.463. The number of benzene rings is 1. The average Bonchev–Trinajstić information content (AvgIpc) is 2.95. The molecule has 1 aromatic heterocycles. The van der Waals surface area contributed by atoms with E-state index in [1.165, 1.54) is 0 Å². The lowest BCUT2D eigenvalue weighted by Gasteiger charge is -2.22. The molecule has 0 aliphatic carbocycles. The van der Waals surface area contributed by atoms with Crippen molar-refractivity contribution in [1.29, 1.82) is 0 Å². The van der Waals surface area contributed by atoms with E-state index in [-0.39, 0.29) is 5.91 Å². The molecule has 0 spiro atoms. The summed E-state index contributed by atoms with van der Waals surface area (Å²) in [6, 6.07) is 7.30. The van der Waals surface area contributed by atoms with Gasteiger partial charge in [0.25, 0.3) is 5.91 Å². The zero-order valence-corrected chi connectivity index (χ0v) is 11.6. The molecule has 7 heteroatoms. The van der Waals surface area contributed by atoms with E-state index < -0.39 is 6.10 Å². The van der Waals surface area contributed by atoms with Crippen LogP contribution in [0.25, 0.3) is 11.4 Å². The van der Waals surface area contributed by atoms with Crippen LogP contribution < -0.4 is 10.6 Å². The first-order valence-electron chi connectivity index (χ1n) is 6.76. The van der Waals surface area contributed by atoms with E-state index >= 15 is 0 Å². The Morgan fingerprint density at radius 1 is 1.48 bits per heavy atom. The number of amides is 1. The van der Waals surface area contributed by atoms with Crippen LogP contribution in [0.5, 0.6) is 0 Å². The summed E-state index contributed by atoms with van der Waals surface area (Å²) in [5, 5.41) is 9.82. The Morgan fingerprint density at radius 3 is 3.10 bits per heavy atom. The van der Waals surface area contributed by atoms with Crippen molar-refractivity contribution >= 4 is 11.6 Å². The van der Waals surface area contributed by atoms with Crippen molar-refractivity contribution in [2.24, 2.45) is 0 Å². The number of nitrogens with zero attached hydrogens (tertiary/aromatic N) is 2. The third-order valence-electron chi connectivity index (χ3n) is 3.14. The van der Waals surface area contributed by atoms with E-state index in [9.17, 15) is 4.79 Å². The number of aromatic nitrogens is 2. The first-order valence-corrected chi connectivity index (χ1v) is 6.76. The number of ether oxygens (including phenoxy) is 1. The molecule has 1 amide bonds. The fraction of sp³-hybridized carbons (Fsp3) is 0.357. The molecule has 1 aliphatic heterocycles. The van der Waals surface area contributed by atoms with Gasteiger partial charge in [0, 0.05) is 31.3 Å². The molecule has 3 rings (SSSR count). The van der Waals surface area contributed by atoms with Crippen LogP contribution in [0, 0.1) is 6.92 Å². The SMILES string of the molecule is Cc1nc(-c2cccc(NC(=O)C3CNCCO3)c2)no1. The minimum Gasteiger partial charge on any atom is -0.366 e. The number of hydrogen-bond acceptors (Lipinski definition) is 6. The Morgan fingerprint density at radius 2 is 2.38 bits per heavy atom. The van der Waals surface area contributed by atoms with Gasteiger partial charge in [-0.1, -0.05) is 17.3 Å². The van der Waals surface area contributed by atoms with Gasteiger partial charge >= 0.3 is 0 Å². The molecule has 110 valence electrons. The second-order valence-corrected chi connectivity index (χ2v) is 4.77. The van der Waals surface area contributed by atoms with Gasteiger partial charge in [0.15, 0.2) is 0 Å². The van der Waals surface area contributed by atoms with E-state index in [0.717, 1.165) is 12.1 Å². The van der Waals surface area contributed by atoms with Crippen molar-refractivity contribution < 1.29 is 14.1 Å². The average molecular weight is 288 g/mol. The Kier molecular flexibility index (Phi) is 3.94. The highest BCUT2D eigenvalue weighted by molar-refractivity contribution is 5.94. The summed E-state index contributed by atoms with van der Waals surface area (Å²) in [5.74, 6) is 0.837. The van der Waals surface area contributed by atoms with E-state index in [1.807, 2.05) is 18.2 Å². The van der Waals surface area contributed by atoms with Crippen LogP contribution >= 0.6 is 0 Å². The fourth-order valence-corrected chi connectivity index (χ4v) is 2.11. The third kappa shape index (κ3) is 3.26. The predicted molar refractivity (Wildman–Crippen MR) is 75.7 cm³/mol. The fourth-order valence-electron chi connectivity index (χ4n) is 2.11. The molecular formula is C14H16N4O3. The lowest BCUT2D eigenvalue weighted by Crippen LogP contribution is -2.45. The number of aryl methyl sites for hydroxylation is 1. The number of nitrogens with one attached hydrogen (secondary N) is 2. The van der Waals surface area contributed by atoms with Gasteiger partial charge in [-0.25, -0.2) is 0 Å². The zero-order valence-electron chi connectivity index (χ0n) is 11.6. The molecule has 0 bridgehead atoms. The second kappa shape index (κ2) is 6.02. The van der Waals surface area contributed by atoms with Crippen LogP contribution in [-0.4, -0.2) is 41.8 Å². The van der Waals surface area contributed by atoms with E-state index in [1.54, 1.807) is 13.0 Å². The normalized spacial score (nSPS) is 18.4. The van der Waals surface area contributed by atoms with Crippen LogP contribution in [0.1, 0.15) is 5.89 Å². The largest absolute Gasteiger partial charge is 0.366 e. The van der Waals surface area contributed by atoms with E-state index in [2.05, 4.69) is 20.8 Å². The molecule has 1 atom stereocenters. The number of carbonyl (C=O) groups excluding carboxylic acids is 1. The first kappa shape index (κ1) is 13.7. The third-order valence-corrected chi connectivity index (χ3v) is 3.14. The van der Waals surface area contributed by atoms with Gasteiger partial charge in [-0.05, 0) is 12.1 Å². The predicted octanol–water partition coefficient (Wildman–Crippen LogP) is 0.972. The van der Waals surface area contributed by atoms with E-state index in [4.69, 9.17) is 9.26 Å². The number of rotatable bonds is 3. The van der Waals surface area contributed by atoms with Gasteiger partial charge in [-0.15, -0.1) is 0 Å². The minimum atomic E-state index is -0.463. The van der Waals surface area contributed by atoms with Crippen molar-refractivity contribution in [3.05, 3.63) is 30.2 Å². The maximum absolute atomic E-state index is 12.1. The molecule has 1 saturated heterocycles. The number of anilines is 1. The highest BCUT2D eigenvalue weighted by Crippen LogP contribution is 2.20. The van der Waals surface area contributed by atoms with Crippen molar-refractivity contribution in [1.82, 2.24) is 15.5 Å². The Balaban J connectivity index is 1.72. The number of morpholine rings is 1. The molecule has 0 radical (unpaired) electrons. The molecule has 2 aromatic rings. The molecule has 7 nitrogen and oxygen atoms in total. The first-order chi connectivity index (χ1) is 10.2. The standard InChI is InChI=1S/C14H16N4O3/c1-9-16-13(18-21-9)10-3-2-4-11(7-10)17-14(19)12-8-15-5-6-20-12/h2-4,7,12,15H,5-6,8H2,1H3,(H,17,19).